The van der Waals surface area contributed by atoms with Crippen LogP contribution in [0.4, 0.5) is 0 Å². The maximum Gasteiger partial charge on any atom is 0.243 e. The van der Waals surface area contributed by atoms with Crippen molar-refractivity contribution in [1.29, 1.82) is 0 Å². The molecule has 0 unspecified atom stereocenters. The summed E-state index contributed by atoms with van der Waals surface area (Å²) in [6.07, 6.45) is 6.77. The molecule has 382 valence electrons. The molecule has 0 heterocycles. The lowest BCUT2D eigenvalue weighted by Crippen LogP contribution is -2.61. The first-order valence-electron chi connectivity index (χ1n) is 24.3. The number of amides is 8. The lowest BCUT2D eigenvalue weighted by Gasteiger charge is -2.30. The molecule has 0 saturated carbocycles. The van der Waals surface area contributed by atoms with Crippen LogP contribution in [-0.4, -0.2) is 122 Å². The van der Waals surface area contributed by atoms with Crippen molar-refractivity contribution in [3.05, 3.63) is 0 Å². The van der Waals surface area contributed by atoms with Crippen molar-refractivity contribution in [3.63, 3.8) is 0 Å². The summed E-state index contributed by atoms with van der Waals surface area (Å²) in [4.78, 5) is 108. The Kier molecular flexibility index (Phi) is 32.5. The van der Waals surface area contributed by atoms with Crippen LogP contribution in [0.3, 0.4) is 0 Å². The molecule has 66 heavy (non-hydrogen) atoms. The van der Waals surface area contributed by atoms with Gasteiger partial charge in [-0.3, -0.25) is 38.4 Å². The highest BCUT2D eigenvalue weighted by Crippen LogP contribution is 2.15. The molecular weight excluding hydrogens is 851 g/mol. The van der Waals surface area contributed by atoms with Gasteiger partial charge in [0, 0.05) is 0 Å². The van der Waals surface area contributed by atoms with Gasteiger partial charge in [-0.25, -0.2) is 0 Å². The van der Waals surface area contributed by atoms with E-state index >= 15 is 0 Å². The van der Waals surface area contributed by atoms with Crippen molar-refractivity contribution < 1.29 is 38.4 Å². The molecule has 19 N–H and O–H groups in total. The predicted octanol–water partition coefficient (Wildman–Crippen LogP) is -1.13. The van der Waals surface area contributed by atoms with E-state index in [1.165, 1.54) is 6.92 Å². The van der Waals surface area contributed by atoms with Gasteiger partial charge < -0.3 is 71.6 Å². The molecule has 0 aliphatic heterocycles. The highest BCUT2D eigenvalue weighted by molar-refractivity contribution is 5.97. The van der Waals surface area contributed by atoms with Crippen LogP contribution in [0.2, 0.25) is 0 Å². The monoisotopic (exact) mass is 940 g/mol. The fourth-order valence-electron chi connectivity index (χ4n) is 6.95. The highest BCUT2D eigenvalue weighted by Gasteiger charge is 2.36. The van der Waals surface area contributed by atoms with Crippen molar-refractivity contribution in [3.8, 4) is 0 Å². The summed E-state index contributed by atoms with van der Waals surface area (Å²) >= 11 is 0. The first-order valence-corrected chi connectivity index (χ1v) is 24.3. The van der Waals surface area contributed by atoms with E-state index in [-0.39, 0.29) is 37.5 Å². The predicted molar refractivity (Wildman–Crippen MR) is 256 cm³/mol. The van der Waals surface area contributed by atoms with Gasteiger partial charge in [0.1, 0.15) is 42.3 Å². The smallest absolute Gasteiger partial charge is 0.243 e. The molecule has 21 nitrogen and oxygen atoms in total. The van der Waals surface area contributed by atoms with Gasteiger partial charge in [-0.1, -0.05) is 60.8 Å². The van der Waals surface area contributed by atoms with E-state index in [1.807, 2.05) is 27.7 Å². The Balaban J connectivity index is 6.41. The Labute approximate surface area is 393 Å². The largest absolute Gasteiger partial charge is 0.368 e. The quantitative estimate of drug-likeness (QED) is 0.0328. The van der Waals surface area contributed by atoms with E-state index in [9.17, 15) is 38.4 Å². The fraction of sp³-hybridized carbons (Fsp3) is 0.822. The minimum Gasteiger partial charge on any atom is -0.368 e. The molecule has 0 aliphatic carbocycles. The third-order valence-corrected chi connectivity index (χ3v) is 12.2. The van der Waals surface area contributed by atoms with Crippen LogP contribution in [-0.2, 0) is 38.4 Å². The van der Waals surface area contributed by atoms with Crippen molar-refractivity contribution in [2.45, 2.75) is 193 Å². The maximum absolute atomic E-state index is 14.2. The maximum atomic E-state index is 14.2. The number of hydrogen-bond acceptors (Lipinski definition) is 13. The minimum atomic E-state index is -1.16. The van der Waals surface area contributed by atoms with Crippen LogP contribution in [0, 0.1) is 17.8 Å². The molecule has 0 spiro atoms. The van der Waals surface area contributed by atoms with Crippen molar-refractivity contribution >= 4 is 47.3 Å². The van der Waals surface area contributed by atoms with Crippen LogP contribution in [0.15, 0.2) is 0 Å². The first kappa shape index (κ1) is 61.6. The van der Waals surface area contributed by atoms with Crippen LogP contribution in [0.25, 0.3) is 0 Å². The van der Waals surface area contributed by atoms with E-state index in [2.05, 4.69) is 37.2 Å². The molecule has 0 aliphatic rings. The molecule has 0 radical (unpaired) electrons. The van der Waals surface area contributed by atoms with Gasteiger partial charge >= 0.3 is 0 Å². The SMILES string of the molecule is CC[C@H](C)[C@H](N)C(=O)N[C@@H](CCCCN)C(=O)N[C@@H](C)C(=O)N[C@@H](CCCCN)C(=O)N[C@H](C(=O)N[C@@H](CCCCN)C(=O)N[C@H](C(=O)N[C@@H](CCCCN)C(N)=O)[C@@H](C)CC)[C@@H](C)CC. The minimum absolute atomic E-state index is 0.132. The van der Waals surface area contributed by atoms with E-state index in [1.54, 1.807) is 13.8 Å². The number of primary amides is 1. The zero-order chi connectivity index (χ0) is 50.4. The number of rotatable bonds is 37. The van der Waals surface area contributed by atoms with Gasteiger partial charge in [0.15, 0.2) is 0 Å². The van der Waals surface area contributed by atoms with Crippen LogP contribution >= 0.6 is 0 Å². The number of carbonyl (C=O) groups is 8. The third-order valence-electron chi connectivity index (χ3n) is 12.2. The fourth-order valence-corrected chi connectivity index (χ4v) is 6.95. The third kappa shape index (κ3) is 23.3. The van der Waals surface area contributed by atoms with Gasteiger partial charge in [0.25, 0.3) is 0 Å². The van der Waals surface area contributed by atoms with Gasteiger partial charge in [-0.05, 0) is 128 Å². The van der Waals surface area contributed by atoms with Crippen molar-refractivity contribution in [2.24, 2.45) is 52.2 Å². The summed E-state index contributed by atoms with van der Waals surface area (Å²) in [7, 11) is 0. The number of nitrogens with one attached hydrogen (secondary N) is 7. The second-order valence-electron chi connectivity index (χ2n) is 17.7. The molecule has 0 bridgehead atoms. The standard InChI is InChI=1S/C45H89N13O8/c1-8-27(4)35(50)43(64)55-32(20-12-16-24-47)40(61)52-30(7)39(60)54-33(21-13-17-25-48)41(62)58-37(29(6)10-3)45(66)56-34(22-14-18-26-49)42(63)57-36(28(5)9-2)44(65)53-31(38(51)59)19-11-15-23-46/h27-37H,8-26,46-50H2,1-7H3,(H2,51,59)(H,52,61)(H,53,65)(H,54,60)(H,55,64)(H,56,66)(H,57,63)(H,58,62)/t27-,28-,29-,30-,31-,32-,33-,34-,35-,36-,37-/m0/s1. The Bertz CT molecular complexity index is 1490. The van der Waals surface area contributed by atoms with Crippen molar-refractivity contribution in [1.82, 2.24) is 37.2 Å². The zero-order valence-electron chi connectivity index (χ0n) is 41.0. The molecule has 0 saturated heterocycles. The Morgan fingerprint density at radius 1 is 0.379 bits per heavy atom. The molecular formula is C45H89N13O8. The zero-order valence-corrected chi connectivity index (χ0v) is 41.0. The van der Waals surface area contributed by atoms with Crippen LogP contribution in [0.1, 0.15) is 145 Å². The second-order valence-corrected chi connectivity index (χ2v) is 17.7. The molecule has 8 amide bonds. The van der Waals surface area contributed by atoms with Gasteiger partial charge in [0.05, 0.1) is 6.04 Å². The molecule has 0 aromatic rings. The molecule has 0 aromatic carbocycles. The lowest BCUT2D eigenvalue weighted by atomic mass is 9.95. The first-order chi connectivity index (χ1) is 31.3. The molecule has 0 aromatic heterocycles. The summed E-state index contributed by atoms with van der Waals surface area (Å²) in [5.74, 6) is -6.01. The van der Waals surface area contributed by atoms with Crippen LogP contribution < -0.4 is 71.6 Å². The summed E-state index contributed by atoms with van der Waals surface area (Å²) in [6, 6.07) is -8.45. The van der Waals surface area contributed by atoms with E-state index in [4.69, 9.17) is 34.4 Å². The molecule has 21 heteroatoms. The summed E-state index contributed by atoms with van der Waals surface area (Å²) < 4.78 is 0. The number of carbonyl (C=O) groups excluding carboxylic acids is 8. The number of hydrogen-bond donors (Lipinski definition) is 13. The van der Waals surface area contributed by atoms with Crippen molar-refractivity contribution in [2.75, 3.05) is 26.2 Å². The number of nitrogens with two attached hydrogens (primary N) is 6. The van der Waals surface area contributed by atoms with Gasteiger partial charge in [-0.2, -0.15) is 0 Å². The summed E-state index contributed by atoms with van der Waals surface area (Å²) in [5.41, 5.74) is 34.5. The summed E-state index contributed by atoms with van der Waals surface area (Å²) in [6.45, 7) is 13.9. The average molecular weight is 940 g/mol. The van der Waals surface area contributed by atoms with Gasteiger partial charge in [0.2, 0.25) is 47.3 Å². The Morgan fingerprint density at radius 2 is 0.682 bits per heavy atom. The molecule has 0 rings (SSSR count). The second kappa shape index (κ2) is 34.8. The average Bonchev–Trinajstić information content (AvgIpc) is 3.29. The topological polar surface area (TPSA) is 377 Å². The molecule has 11 atom stereocenters. The normalized spacial score (nSPS) is 16.3. The Hall–Kier alpha value is -4.44. The highest BCUT2D eigenvalue weighted by atomic mass is 16.2. The Morgan fingerprint density at radius 3 is 1.02 bits per heavy atom. The van der Waals surface area contributed by atoms with Gasteiger partial charge in [-0.15, -0.1) is 0 Å². The van der Waals surface area contributed by atoms with E-state index in [0.29, 0.717) is 96.8 Å². The number of unbranched alkanes of at least 4 members (excludes halogenated alkanes) is 4. The molecule has 0 fully saturated rings. The summed E-state index contributed by atoms with van der Waals surface area (Å²) in [5, 5.41) is 19.2. The van der Waals surface area contributed by atoms with E-state index in [0.717, 1.165) is 0 Å². The van der Waals surface area contributed by atoms with Crippen LogP contribution in [0.5, 0.6) is 0 Å². The van der Waals surface area contributed by atoms with E-state index < -0.39 is 102 Å². The lowest BCUT2D eigenvalue weighted by molar-refractivity contribution is -0.136.